The number of ether oxygens (including phenoxy) is 1. The van der Waals surface area contributed by atoms with Crippen LogP contribution in [0.1, 0.15) is 48.9 Å². The number of pyridine rings is 1. The highest BCUT2D eigenvalue weighted by Crippen LogP contribution is 2.52. The molecule has 2 aromatic rings. The molecule has 3 saturated carbocycles. The van der Waals surface area contributed by atoms with Gasteiger partial charge in [-0.05, 0) is 75.3 Å². The molecule has 1 atom stereocenters. The number of carbonyl (C=O) groups is 2. The Balaban J connectivity index is 1.32. The van der Waals surface area contributed by atoms with Gasteiger partial charge >= 0.3 is 0 Å². The van der Waals surface area contributed by atoms with Crippen molar-refractivity contribution in [3.63, 3.8) is 0 Å². The van der Waals surface area contributed by atoms with Gasteiger partial charge < -0.3 is 20.5 Å². The Morgan fingerprint density at radius 1 is 1.24 bits per heavy atom. The lowest BCUT2D eigenvalue weighted by Crippen LogP contribution is -2.65. The van der Waals surface area contributed by atoms with Crippen LogP contribution in [0.3, 0.4) is 0 Å². The van der Waals surface area contributed by atoms with Crippen LogP contribution in [0, 0.1) is 25.1 Å². The van der Waals surface area contributed by atoms with Crippen molar-refractivity contribution >= 4 is 23.4 Å². The zero-order valence-electron chi connectivity index (χ0n) is 19.3. The van der Waals surface area contributed by atoms with E-state index in [4.69, 9.17) is 16.3 Å². The van der Waals surface area contributed by atoms with Gasteiger partial charge in [0.1, 0.15) is 11.6 Å². The number of nitrogens with one attached hydrogen (secondary N) is 2. The summed E-state index contributed by atoms with van der Waals surface area (Å²) in [5, 5.41) is 16.9. The van der Waals surface area contributed by atoms with E-state index in [2.05, 4.69) is 15.6 Å². The Kier molecular flexibility index (Phi) is 6.82. The number of hydrogen-bond acceptors (Lipinski definition) is 5. The summed E-state index contributed by atoms with van der Waals surface area (Å²) in [7, 11) is 0. The maximum atomic E-state index is 13.6. The van der Waals surface area contributed by atoms with Gasteiger partial charge in [0.15, 0.2) is 6.61 Å². The lowest BCUT2D eigenvalue weighted by Gasteiger charge is -2.55. The molecule has 5 rings (SSSR count). The molecule has 7 nitrogen and oxygen atoms in total. The fourth-order valence-corrected chi connectivity index (χ4v) is 5.26. The van der Waals surface area contributed by atoms with Crippen molar-refractivity contribution in [2.45, 2.75) is 64.1 Å². The third-order valence-electron chi connectivity index (χ3n) is 7.23. The Bertz CT molecular complexity index is 1100. The molecule has 0 radical (unpaired) electrons. The van der Waals surface area contributed by atoms with E-state index < -0.39 is 22.9 Å². The summed E-state index contributed by atoms with van der Waals surface area (Å²) >= 11 is 5.66. The van der Waals surface area contributed by atoms with E-state index in [0.29, 0.717) is 38.6 Å². The first-order valence-electron chi connectivity index (χ1n) is 11.4. The van der Waals surface area contributed by atoms with Gasteiger partial charge in [0, 0.05) is 30.0 Å². The minimum Gasteiger partial charge on any atom is -0.484 e. The van der Waals surface area contributed by atoms with Crippen LogP contribution in [-0.2, 0) is 16.1 Å². The molecule has 1 aromatic carbocycles. The summed E-state index contributed by atoms with van der Waals surface area (Å²) < 4.78 is 18.9. The normalized spacial score (nSPS) is 25.6. The number of hydrogen-bond donors (Lipinski definition) is 3. The van der Waals surface area contributed by atoms with Crippen molar-refractivity contribution in [2.75, 3.05) is 6.61 Å². The lowest BCUT2D eigenvalue weighted by atomic mass is 9.55. The fourth-order valence-electron chi connectivity index (χ4n) is 5.14. The summed E-state index contributed by atoms with van der Waals surface area (Å²) in [6.07, 6.45) is 3.34. The smallest absolute Gasteiger partial charge is 0.258 e. The molecule has 9 heteroatoms. The maximum absolute atomic E-state index is 13.6. The number of carbonyl (C=O) groups excluding carboxylic acids is 2. The van der Waals surface area contributed by atoms with Gasteiger partial charge in [-0.15, -0.1) is 0 Å². The second kappa shape index (κ2) is 9.50. The molecule has 2 amide bonds. The van der Waals surface area contributed by atoms with Gasteiger partial charge in [-0.25, -0.2) is 4.39 Å². The molecule has 3 aliphatic rings. The average Bonchev–Trinajstić information content (AvgIpc) is 2.79. The number of benzene rings is 1. The monoisotopic (exact) mass is 489 g/mol. The zero-order chi connectivity index (χ0) is 24.5. The molecule has 2 bridgehead atoms. The number of amides is 2. The largest absolute Gasteiger partial charge is 0.484 e. The predicted molar refractivity (Wildman–Crippen MR) is 125 cm³/mol. The lowest BCUT2D eigenvalue weighted by molar-refractivity contribution is -0.156. The summed E-state index contributed by atoms with van der Waals surface area (Å²) in [6.45, 7) is 3.98. The van der Waals surface area contributed by atoms with Crippen molar-refractivity contribution in [1.29, 1.82) is 0 Å². The predicted octanol–water partition coefficient (Wildman–Crippen LogP) is 3.37. The Labute approximate surface area is 203 Å². The quantitative estimate of drug-likeness (QED) is 0.553. The topological polar surface area (TPSA) is 101 Å². The van der Waals surface area contributed by atoms with Crippen molar-refractivity contribution in [1.82, 2.24) is 15.6 Å². The highest BCUT2D eigenvalue weighted by Gasteiger charge is 2.58. The molecular weight excluding hydrogens is 461 g/mol. The van der Waals surface area contributed by atoms with E-state index in [1.807, 2.05) is 19.9 Å². The standard InChI is InChI=1S/C25H29ClFN3O4/c1-15-9-16(2)28-12-17(15)13-29-23(33)25-7-5-24(6-8-25,11-21(25)31)30-22(32)14-34-18-3-4-19(26)20(27)10-18/h3-4,9-10,12,21,31H,5-8,11,13-14H2,1-2H3,(H,29,33)(H,30,32)/t21-,24?,25?/m0/s1. The van der Waals surface area contributed by atoms with Crippen LogP contribution in [0.25, 0.3) is 0 Å². The van der Waals surface area contributed by atoms with Crippen molar-refractivity contribution < 1.29 is 23.8 Å². The molecule has 1 heterocycles. The zero-order valence-corrected chi connectivity index (χ0v) is 20.0. The van der Waals surface area contributed by atoms with Gasteiger partial charge in [-0.2, -0.15) is 0 Å². The summed E-state index contributed by atoms with van der Waals surface area (Å²) in [6, 6.07) is 5.95. The van der Waals surface area contributed by atoms with E-state index >= 15 is 0 Å². The molecular formula is C25H29ClFN3O4. The molecule has 0 saturated heterocycles. The van der Waals surface area contributed by atoms with Gasteiger partial charge in [-0.1, -0.05) is 11.6 Å². The molecule has 182 valence electrons. The maximum Gasteiger partial charge on any atom is 0.258 e. The van der Waals surface area contributed by atoms with Crippen LogP contribution in [0.4, 0.5) is 4.39 Å². The van der Waals surface area contributed by atoms with Crippen LogP contribution in [-0.4, -0.2) is 40.2 Å². The third-order valence-corrected chi connectivity index (χ3v) is 7.54. The number of fused-ring (bicyclic) bond motifs is 3. The summed E-state index contributed by atoms with van der Waals surface area (Å²) in [5.41, 5.74) is 1.49. The fraction of sp³-hybridized carbons (Fsp3) is 0.480. The van der Waals surface area contributed by atoms with Crippen molar-refractivity contribution in [3.05, 3.63) is 58.1 Å². The first kappa shape index (κ1) is 24.4. The number of aryl methyl sites for hydroxylation is 2. The molecule has 0 unspecified atom stereocenters. The minimum absolute atomic E-state index is 0.0210. The van der Waals surface area contributed by atoms with E-state index in [1.165, 1.54) is 12.1 Å². The van der Waals surface area contributed by atoms with E-state index in [-0.39, 0.29) is 29.2 Å². The molecule has 3 fully saturated rings. The number of aliphatic hydroxyl groups is 1. The molecule has 0 aliphatic heterocycles. The van der Waals surface area contributed by atoms with E-state index in [9.17, 15) is 19.1 Å². The number of aliphatic hydroxyl groups excluding tert-OH is 1. The number of nitrogens with zero attached hydrogens (tertiary/aromatic N) is 1. The SMILES string of the molecule is Cc1cc(C)c(CNC(=O)C23CCC(NC(=O)COc4ccc(Cl)c(F)c4)(CC2)C[C@@H]3O)cn1. The number of halogens is 2. The number of aromatic nitrogens is 1. The second-order valence-electron chi connectivity index (χ2n) is 9.50. The van der Waals surface area contributed by atoms with Crippen LogP contribution in [0.5, 0.6) is 5.75 Å². The highest BCUT2D eigenvalue weighted by molar-refractivity contribution is 6.30. The van der Waals surface area contributed by atoms with Gasteiger partial charge in [0.2, 0.25) is 5.91 Å². The Hall–Kier alpha value is -2.71. The third kappa shape index (κ3) is 4.88. The highest BCUT2D eigenvalue weighted by atomic mass is 35.5. The van der Waals surface area contributed by atoms with Gasteiger partial charge in [0.05, 0.1) is 16.5 Å². The first-order valence-corrected chi connectivity index (χ1v) is 11.8. The van der Waals surface area contributed by atoms with Crippen LogP contribution >= 0.6 is 11.6 Å². The summed E-state index contributed by atoms with van der Waals surface area (Å²) in [5.74, 6) is -0.933. The Morgan fingerprint density at radius 3 is 2.62 bits per heavy atom. The first-order chi connectivity index (χ1) is 16.1. The van der Waals surface area contributed by atoms with Crippen LogP contribution in [0.2, 0.25) is 5.02 Å². The molecule has 0 spiro atoms. The molecule has 3 aliphatic carbocycles. The molecule has 34 heavy (non-hydrogen) atoms. The summed E-state index contributed by atoms with van der Waals surface area (Å²) in [4.78, 5) is 30.0. The van der Waals surface area contributed by atoms with Crippen molar-refractivity contribution in [2.24, 2.45) is 5.41 Å². The van der Waals surface area contributed by atoms with Gasteiger partial charge in [-0.3, -0.25) is 14.6 Å². The van der Waals surface area contributed by atoms with Gasteiger partial charge in [0.25, 0.3) is 5.91 Å². The van der Waals surface area contributed by atoms with Crippen LogP contribution < -0.4 is 15.4 Å². The average molecular weight is 490 g/mol. The van der Waals surface area contributed by atoms with Crippen LogP contribution in [0.15, 0.2) is 30.5 Å². The number of rotatable bonds is 7. The van der Waals surface area contributed by atoms with Crippen molar-refractivity contribution in [3.8, 4) is 5.75 Å². The second-order valence-corrected chi connectivity index (χ2v) is 9.91. The van der Waals surface area contributed by atoms with E-state index in [1.54, 1.807) is 6.20 Å². The van der Waals surface area contributed by atoms with E-state index in [0.717, 1.165) is 22.9 Å². The Morgan fingerprint density at radius 2 is 1.97 bits per heavy atom. The molecule has 3 N–H and O–H groups in total. The minimum atomic E-state index is -0.862. The molecule has 1 aromatic heterocycles.